The van der Waals surface area contributed by atoms with Gasteiger partial charge in [-0.25, -0.2) is 0 Å². The zero-order chi connectivity index (χ0) is 20.6. The van der Waals surface area contributed by atoms with Crippen LogP contribution in [-0.4, -0.2) is 67.8 Å². The first-order valence-corrected chi connectivity index (χ1v) is 10.4. The molecular weight excluding hydrogens is 374 g/mol. The molecule has 0 atom stereocenters. The van der Waals surface area contributed by atoms with E-state index in [1.165, 1.54) is 12.8 Å². The molecule has 160 valence electrons. The second kappa shape index (κ2) is 10.5. The van der Waals surface area contributed by atoms with Crippen molar-refractivity contribution in [1.82, 2.24) is 10.2 Å². The number of nitrogens with zero attached hydrogens (tertiary/aromatic N) is 1. The molecule has 8 heteroatoms. The van der Waals surface area contributed by atoms with E-state index in [2.05, 4.69) is 10.6 Å². The fourth-order valence-electron chi connectivity index (χ4n) is 4.02. The highest BCUT2D eigenvalue weighted by Gasteiger charge is 2.26. The first kappa shape index (κ1) is 21.4. The van der Waals surface area contributed by atoms with Crippen LogP contribution in [0.5, 0.6) is 11.5 Å². The molecule has 0 unspecified atom stereocenters. The summed E-state index contributed by atoms with van der Waals surface area (Å²) < 4.78 is 10.6. The number of nitrogens with one attached hydrogen (secondary N) is 2. The molecule has 2 aliphatic rings. The SMILES string of the molecule is COCCC(=O)N(CCNCCc1ccc(O)c2c1OCC(=O)N2)C1CCCC1. The molecule has 0 aromatic heterocycles. The normalized spacial score (nSPS) is 16.2. The highest BCUT2D eigenvalue weighted by Crippen LogP contribution is 2.39. The fourth-order valence-corrected chi connectivity index (χ4v) is 4.02. The number of hydrogen-bond donors (Lipinski definition) is 3. The Kier molecular flexibility index (Phi) is 7.71. The highest BCUT2D eigenvalue weighted by atomic mass is 16.5. The lowest BCUT2D eigenvalue weighted by molar-refractivity contribution is -0.134. The Labute approximate surface area is 171 Å². The van der Waals surface area contributed by atoms with Gasteiger partial charge in [0.15, 0.2) is 12.4 Å². The molecule has 1 aliphatic carbocycles. The molecule has 0 radical (unpaired) electrons. The Morgan fingerprint density at radius 1 is 1.34 bits per heavy atom. The van der Waals surface area contributed by atoms with E-state index in [4.69, 9.17) is 9.47 Å². The van der Waals surface area contributed by atoms with Crippen LogP contribution in [0.15, 0.2) is 12.1 Å². The molecule has 3 N–H and O–H groups in total. The zero-order valence-corrected chi connectivity index (χ0v) is 17.0. The maximum absolute atomic E-state index is 12.5. The number of ether oxygens (including phenoxy) is 2. The van der Waals surface area contributed by atoms with Crippen molar-refractivity contribution in [3.8, 4) is 11.5 Å². The summed E-state index contributed by atoms with van der Waals surface area (Å²) in [7, 11) is 1.62. The van der Waals surface area contributed by atoms with E-state index < -0.39 is 0 Å². The molecule has 0 spiro atoms. The third kappa shape index (κ3) is 5.61. The maximum Gasteiger partial charge on any atom is 0.262 e. The number of amides is 2. The number of aromatic hydroxyl groups is 1. The summed E-state index contributed by atoms with van der Waals surface area (Å²) in [6.45, 7) is 2.52. The molecule has 1 aliphatic heterocycles. The van der Waals surface area contributed by atoms with Crippen LogP contribution in [0.25, 0.3) is 0 Å². The fraction of sp³-hybridized carbons (Fsp3) is 0.619. The Morgan fingerprint density at radius 2 is 2.14 bits per heavy atom. The molecule has 2 amide bonds. The monoisotopic (exact) mass is 405 g/mol. The summed E-state index contributed by atoms with van der Waals surface area (Å²) in [4.78, 5) is 26.0. The van der Waals surface area contributed by atoms with Crippen LogP contribution in [0.4, 0.5) is 5.69 Å². The average Bonchev–Trinajstić information content (AvgIpc) is 3.25. The van der Waals surface area contributed by atoms with Crippen molar-refractivity contribution in [2.75, 3.05) is 45.3 Å². The zero-order valence-electron chi connectivity index (χ0n) is 17.0. The van der Waals surface area contributed by atoms with E-state index in [0.29, 0.717) is 56.6 Å². The number of carbonyl (C=O) groups excluding carboxylic acids is 2. The predicted molar refractivity (Wildman–Crippen MR) is 109 cm³/mol. The van der Waals surface area contributed by atoms with Gasteiger partial charge in [0, 0.05) is 26.2 Å². The smallest absolute Gasteiger partial charge is 0.262 e. The van der Waals surface area contributed by atoms with Crippen molar-refractivity contribution in [2.24, 2.45) is 0 Å². The van der Waals surface area contributed by atoms with E-state index in [1.807, 2.05) is 11.0 Å². The number of anilines is 1. The van der Waals surface area contributed by atoms with Gasteiger partial charge in [0.25, 0.3) is 5.91 Å². The van der Waals surface area contributed by atoms with Crippen LogP contribution in [0.3, 0.4) is 0 Å². The van der Waals surface area contributed by atoms with Gasteiger partial charge in [-0.15, -0.1) is 0 Å². The number of rotatable bonds is 10. The molecule has 29 heavy (non-hydrogen) atoms. The Balaban J connectivity index is 1.49. The molecule has 1 aromatic carbocycles. The summed E-state index contributed by atoms with van der Waals surface area (Å²) in [6, 6.07) is 3.73. The molecule has 1 fully saturated rings. The van der Waals surface area contributed by atoms with Gasteiger partial charge in [-0.05, 0) is 37.4 Å². The van der Waals surface area contributed by atoms with Crippen molar-refractivity contribution in [2.45, 2.75) is 44.6 Å². The summed E-state index contributed by atoms with van der Waals surface area (Å²) in [5, 5.41) is 16.0. The highest BCUT2D eigenvalue weighted by molar-refractivity contribution is 5.97. The number of methoxy groups -OCH3 is 1. The molecule has 1 heterocycles. The lowest BCUT2D eigenvalue weighted by atomic mass is 10.1. The van der Waals surface area contributed by atoms with E-state index in [9.17, 15) is 14.7 Å². The van der Waals surface area contributed by atoms with Crippen LogP contribution in [-0.2, 0) is 20.7 Å². The summed E-state index contributed by atoms with van der Waals surface area (Å²) in [5.74, 6) is 0.436. The van der Waals surface area contributed by atoms with Crippen LogP contribution >= 0.6 is 0 Å². The van der Waals surface area contributed by atoms with E-state index in [0.717, 1.165) is 18.4 Å². The summed E-state index contributed by atoms with van der Waals surface area (Å²) in [6.07, 6.45) is 5.67. The first-order valence-electron chi connectivity index (χ1n) is 10.4. The van der Waals surface area contributed by atoms with Crippen molar-refractivity contribution < 1.29 is 24.2 Å². The average molecular weight is 405 g/mol. The van der Waals surface area contributed by atoms with Crippen LogP contribution in [0, 0.1) is 0 Å². The number of benzene rings is 1. The third-order valence-corrected chi connectivity index (χ3v) is 5.54. The van der Waals surface area contributed by atoms with Crippen molar-refractivity contribution in [3.63, 3.8) is 0 Å². The van der Waals surface area contributed by atoms with Crippen LogP contribution in [0.1, 0.15) is 37.7 Å². The predicted octanol–water partition coefficient (Wildman–Crippen LogP) is 1.66. The van der Waals surface area contributed by atoms with E-state index in [-0.39, 0.29) is 24.2 Å². The minimum absolute atomic E-state index is 0.00605. The Morgan fingerprint density at radius 3 is 2.90 bits per heavy atom. The lowest BCUT2D eigenvalue weighted by Crippen LogP contribution is -2.43. The third-order valence-electron chi connectivity index (χ3n) is 5.54. The maximum atomic E-state index is 12.5. The molecule has 1 aromatic rings. The van der Waals surface area contributed by atoms with Gasteiger partial charge < -0.3 is 30.1 Å². The Hall–Kier alpha value is -2.32. The number of hydrogen-bond acceptors (Lipinski definition) is 6. The molecule has 3 rings (SSSR count). The van der Waals surface area contributed by atoms with E-state index >= 15 is 0 Å². The van der Waals surface area contributed by atoms with Gasteiger partial charge in [-0.1, -0.05) is 18.9 Å². The standard InChI is InChI=1S/C21H31N3O5/c1-28-13-9-19(27)24(16-4-2-3-5-16)12-11-22-10-8-15-6-7-17(25)20-21(15)29-14-18(26)23-20/h6-7,16,22,25H,2-5,8-14H2,1H3,(H,23,26). The lowest BCUT2D eigenvalue weighted by Gasteiger charge is -2.29. The summed E-state index contributed by atoms with van der Waals surface area (Å²) in [5.41, 5.74) is 1.27. The van der Waals surface area contributed by atoms with Crippen molar-refractivity contribution in [3.05, 3.63) is 17.7 Å². The summed E-state index contributed by atoms with van der Waals surface area (Å²) >= 11 is 0. The molecular formula is C21H31N3O5. The first-order chi connectivity index (χ1) is 14.1. The van der Waals surface area contributed by atoms with Crippen molar-refractivity contribution >= 4 is 17.5 Å². The van der Waals surface area contributed by atoms with Gasteiger partial charge in [0.1, 0.15) is 11.4 Å². The number of fused-ring (bicyclic) bond motifs is 1. The van der Waals surface area contributed by atoms with Crippen LogP contribution in [0.2, 0.25) is 0 Å². The minimum atomic E-state index is -0.270. The number of carbonyl (C=O) groups is 2. The van der Waals surface area contributed by atoms with Crippen LogP contribution < -0.4 is 15.4 Å². The van der Waals surface area contributed by atoms with E-state index in [1.54, 1.807) is 13.2 Å². The van der Waals surface area contributed by atoms with Gasteiger partial charge in [-0.2, -0.15) is 0 Å². The topological polar surface area (TPSA) is 100 Å². The van der Waals surface area contributed by atoms with Gasteiger partial charge in [0.2, 0.25) is 5.91 Å². The molecule has 0 saturated heterocycles. The second-order valence-electron chi connectivity index (χ2n) is 7.55. The molecule has 1 saturated carbocycles. The molecule has 0 bridgehead atoms. The van der Waals surface area contributed by atoms with Gasteiger partial charge in [0.05, 0.1) is 13.0 Å². The Bertz CT molecular complexity index is 719. The largest absolute Gasteiger partial charge is 0.506 e. The number of phenolic OH excluding ortho intramolecular Hbond substituents is 1. The van der Waals surface area contributed by atoms with Gasteiger partial charge >= 0.3 is 0 Å². The second-order valence-corrected chi connectivity index (χ2v) is 7.55. The quantitative estimate of drug-likeness (QED) is 0.404. The van der Waals surface area contributed by atoms with Gasteiger partial charge in [-0.3, -0.25) is 9.59 Å². The molecule has 8 nitrogen and oxygen atoms in total. The van der Waals surface area contributed by atoms with Crippen molar-refractivity contribution in [1.29, 1.82) is 0 Å². The number of phenols is 1. The minimum Gasteiger partial charge on any atom is -0.506 e.